The number of amides is 1. The van der Waals surface area contributed by atoms with Crippen LogP contribution < -0.4 is 5.32 Å². The normalized spacial score (nSPS) is 48.2. The maximum Gasteiger partial charge on any atom is 0.217 e. The molecule has 7 N–H and O–H groups in total. The Balaban J connectivity index is 2.19. The fraction of sp³-hybridized carbons (Fsp3) is 0.929. The van der Waals surface area contributed by atoms with E-state index in [9.17, 15) is 35.4 Å². The predicted octanol–water partition coefficient (Wildman–Crippen LogP) is -4.23. The minimum absolute atomic E-state index is 0.528. The van der Waals surface area contributed by atoms with E-state index in [-0.39, 0.29) is 0 Å². The molecule has 11 heteroatoms. The van der Waals surface area contributed by atoms with Gasteiger partial charge >= 0.3 is 0 Å². The molecule has 25 heavy (non-hydrogen) atoms. The smallest absolute Gasteiger partial charge is 0.217 e. The number of rotatable bonds is 4. The van der Waals surface area contributed by atoms with Crippen molar-refractivity contribution in [3.05, 3.63) is 0 Å². The molecule has 2 heterocycles. The average Bonchev–Trinajstić information content (AvgIpc) is 2.55. The van der Waals surface area contributed by atoms with Crippen LogP contribution in [-0.4, -0.2) is 105 Å². The van der Waals surface area contributed by atoms with Crippen LogP contribution in [0.3, 0.4) is 0 Å². The van der Waals surface area contributed by atoms with Crippen LogP contribution in [-0.2, 0) is 19.0 Å². The summed E-state index contributed by atoms with van der Waals surface area (Å²) in [5, 5.41) is 61.1. The van der Waals surface area contributed by atoms with Crippen molar-refractivity contribution in [3.63, 3.8) is 0 Å². The van der Waals surface area contributed by atoms with Gasteiger partial charge in [-0.05, 0) is 6.92 Å². The van der Waals surface area contributed by atoms with E-state index in [1.54, 1.807) is 0 Å². The highest BCUT2D eigenvalue weighted by Crippen LogP contribution is 2.28. The largest absolute Gasteiger partial charge is 0.394 e. The average molecular weight is 367 g/mol. The molecule has 2 fully saturated rings. The van der Waals surface area contributed by atoms with E-state index in [0.29, 0.717) is 0 Å². The Morgan fingerprint density at radius 2 is 1.68 bits per heavy atom. The van der Waals surface area contributed by atoms with Crippen LogP contribution in [0.15, 0.2) is 0 Å². The van der Waals surface area contributed by atoms with Gasteiger partial charge in [-0.1, -0.05) is 0 Å². The van der Waals surface area contributed by atoms with E-state index in [1.165, 1.54) is 13.8 Å². The summed E-state index contributed by atoms with van der Waals surface area (Å²) in [4.78, 5) is 11.4. The van der Waals surface area contributed by atoms with Crippen molar-refractivity contribution in [2.45, 2.75) is 75.2 Å². The standard InChI is InChI=1S/C14H25NO10/c1-4-12(10(20)11(21)13(22)23-4)25-14-7(15-5(2)17)9(19)8(18)6(3-16)24-14/h4,6-14,16,18-22H,3H2,1-2H3,(H,15,17). The lowest BCUT2D eigenvalue weighted by Crippen LogP contribution is -2.67. The summed E-state index contributed by atoms with van der Waals surface area (Å²) in [6.45, 7) is 2.05. The summed E-state index contributed by atoms with van der Waals surface area (Å²) in [6.07, 6.45) is -12.3. The third-order valence-corrected chi connectivity index (χ3v) is 4.34. The quantitative estimate of drug-likeness (QED) is 0.257. The fourth-order valence-electron chi connectivity index (χ4n) is 2.95. The highest BCUT2D eigenvalue weighted by Gasteiger charge is 2.49. The summed E-state index contributed by atoms with van der Waals surface area (Å²) >= 11 is 0. The third-order valence-electron chi connectivity index (χ3n) is 4.34. The number of hydrogen-bond acceptors (Lipinski definition) is 10. The van der Waals surface area contributed by atoms with Crippen LogP contribution in [0.1, 0.15) is 13.8 Å². The van der Waals surface area contributed by atoms with Crippen LogP contribution in [0.2, 0.25) is 0 Å². The van der Waals surface area contributed by atoms with Gasteiger partial charge in [-0.3, -0.25) is 4.79 Å². The van der Waals surface area contributed by atoms with Gasteiger partial charge < -0.3 is 50.2 Å². The highest BCUT2D eigenvalue weighted by molar-refractivity contribution is 5.73. The number of carbonyl (C=O) groups is 1. The van der Waals surface area contributed by atoms with Crippen molar-refractivity contribution in [2.75, 3.05) is 6.61 Å². The molecule has 2 aliphatic rings. The van der Waals surface area contributed by atoms with Crippen molar-refractivity contribution in [1.29, 1.82) is 0 Å². The summed E-state index contributed by atoms with van der Waals surface area (Å²) in [7, 11) is 0. The zero-order chi connectivity index (χ0) is 18.9. The minimum atomic E-state index is -1.63. The van der Waals surface area contributed by atoms with E-state index < -0.39 is 73.9 Å². The van der Waals surface area contributed by atoms with Crippen LogP contribution in [0.4, 0.5) is 0 Å². The Bertz CT molecular complexity index is 465. The summed E-state index contributed by atoms with van der Waals surface area (Å²) < 4.78 is 16.0. The molecule has 0 bridgehead atoms. The lowest BCUT2D eigenvalue weighted by molar-refractivity contribution is -0.336. The Morgan fingerprint density at radius 3 is 2.24 bits per heavy atom. The summed E-state index contributed by atoms with van der Waals surface area (Å²) in [5.74, 6) is -0.528. The Hall–Kier alpha value is -0.890. The zero-order valence-electron chi connectivity index (χ0n) is 13.8. The Morgan fingerprint density at radius 1 is 1.04 bits per heavy atom. The molecule has 11 nitrogen and oxygen atoms in total. The molecule has 0 aliphatic carbocycles. The van der Waals surface area contributed by atoms with Crippen molar-refractivity contribution in [2.24, 2.45) is 0 Å². The number of aliphatic hydroxyl groups is 6. The second-order valence-corrected chi connectivity index (χ2v) is 6.25. The van der Waals surface area contributed by atoms with Gasteiger partial charge in [-0.15, -0.1) is 0 Å². The van der Waals surface area contributed by atoms with Crippen LogP contribution in [0.25, 0.3) is 0 Å². The highest BCUT2D eigenvalue weighted by atomic mass is 16.7. The van der Waals surface area contributed by atoms with E-state index in [1.807, 2.05) is 0 Å². The minimum Gasteiger partial charge on any atom is -0.394 e. The molecule has 10 atom stereocenters. The molecule has 10 unspecified atom stereocenters. The molecule has 0 spiro atoms. The first kappa shape index (κ1) is 20.4. The molecule has 1 amide bonds. The Kier molecular flexibility index (Phi) is 6.70. The maximum absolute atomic E-state index is 11.4. The molecule has 146 valence electrons. The van der Waals surface area contributed by atoms with Crippen LogP contribution >= 0.6 is 0 Å². The molecular weight excluding hydrogens is 342 g/mol. The molecule has 0 saturated carbocycles. The number of aliphatic hydroxyl groups excluding tert-OH is 6. The van der Waals surface area contributed by atoms with Gasteiger partial charge in [0.1, 0.15) is 42.7 Å². The number of carbonyl (C=O) groups excluding carboxylic acids is 1. The van der Waals surface area contributed by atoms with Gasteiger partial charge in [0.15, 0.2) is 12.6 Å². The molecule has 2 aliphatic heterocycles. The fourth-order valence-corrected chi connectivity index (χ4v) is 2.95. The second-order valence-electron chi connectivity index (χ2n) is 6.25. The van der Waals surface area contributed by atoms with E-state index in [2.05, 4.69) is 5.32 Å². The van der Waals surface area contributed by atoms with Crippen LogP contribution in [0, 0.1) is 0 Å². The molecule has 2 saturated heterocycles. The SMILES string of the molecule is CC(=O)NC1C(OC2C(C)OC(O)C(O)C2O)OC(CO)C(O)C1O. The van der Waals surface area contributed by atoms with Gasteiger partial charge in [-0.2, -0.15) is 0 Å². The van der Waals surface area contributed by atoms with Crippen molar-refractivity contribution in [3.8, 4) is 0 Å². The molecular formula is C14H25NO10. The molecule has 0 aromatic carbocycles. The molecule has 0 aromatic rings. The van der Waals surface area contributed by atoms with Gasteiger partial charge in [0.2, 0.25) is 5.91 Å². The van der Waals surface area contributed by atoms with Crippen LogP contribution in [0.5, 0.6) is 0 Å². The van der Waals surface area contributed by atoms with E-state index >= 15 is 0 Å². The van der Waals surface area contributed by atoms with Crippen molar-refractivity contribution < 1.29 is 49.6 Å². The third kappa shape index (κ3) is 4.27. The Labute approximate surface area is 143 Å². The first-order valence-corrected chi connectivity index (χ1v) is 7.92. The lowest BCUT2D eigenvalue weighted by Gasteiger charge is -2.46. The number of hydrogen-bond donors (Lipinski definition) is 7. The molecule has 0 aromatic heterocycles. The predicted molar refractivity (Wildman–Crippen MR) is 78.8 cm³/mol. The second kappa shape index (κ2) is 8.20. The number of ether oxygens (including phenoxy) is 3. The summed E-state index contributed by atoms with van der Waals surface area (Å²) in [6, 6.07) is -1.20. The van der Waals surface area contributed by atoms with Gasteiger partial charge in [0.25, 0.3) is 0 Å². The maximum atomic E-state index is 11.4. The van der Waals surface area contributed by atoms with E-state index in [4.69, 9.17) is 14.2 Å². The van der Waals surface area contributed by atoms with Crippen molar-refractivity contribution >= 4 is 5.91 Å². The van der Waals surface area contributed by atoms with Gasteiger partial charge in [0, 0.05) is 6.92 Å². The van der Waals surface area contributed by atoms with E-state index in [0.717, 1.165) is 0 Å². The monoisotopic (exact) mass is 367 g/mol. The zero-order valence-corrected chi connectivity index (χ0v) is 13.8. The molecule has 0 radical (unpaired) electrons. The molecule has 2 rings (SSSR count). The van der Waals surface area contributed by atoms with Gasteiger partial charge in [0.05, 0.1) is 12.7 Å². The summed E-state index contributed by atoms with van der Waals surface area (Å²) in [5.41, 5.74) is 0. The first-order chi connectivity index (χ1) is 11.7. The first-order valence-electron chi connectivity index (χ1n) is 7.92. The topological polar surface area (TPSA) is 178 Å². The lowest BCUT2D eigenvalue weighted by atomic mass is 9.95. The number of nitrogens with one attached hydrogen (secondary N) is 1. The van der Waals surface area contributed by atoms with Gasteiger partial charge in [-0.25, -0.2) is 0 Å². The van der Waals surface area contributed by atoms with Crippen molar-refractivity contribution in [1.82, 2.24) is 5.32 Å².